The number of rotatable bonds is 5. The molecule has 1 aliphatic heterocycles. The summed E-state index contributed by atoms with van der Waals surface area (Å²) in [6.45, 7) is 5.15. The third-order valence-electron chi connectivity index (χ3n) is 6.11. The van der Waals surface area contributed by atoms with Crippen molar-refractivity contribution in [1.29, 1.82) is 0 Å². The average Bonchev–Trinajstić information content (AvgIpc) is 2.81. The lowest BCUT2D eigenvalue weighted by atomic mass is 10.2. The molecule has 2 heterocycles. The number of ketones is 1. The summed E-state index contributed by atoms with van der Waals surface area (Å²) in [4.78, 5) is 31.2. The van der Waals surface area contributed by atoms with Gasteiger partial charge in [0.25, 0.3) is 5.56 Å². The number of sulfonamides is 1. The summed E-state index contributed by atoms with van der Waals surface area (Å²) in [7, 11) is -1.92. The highest BCUT2D eigenvalue weighted by Crippen LogP contribution is 2.24. The van der Waals surface area contributed by atoms with Crippen LogP contribution in [0.3, 0.4) is 0 Å². The van der Waals surface area contributed by atoms with Crippen LogP contribution in [0.4, 0.5) is 0 Å². The maximum absolute atomic E-state index is 13.0. The van der Waals surface area contributed by atoms with E-state index < -0.39 is 10.0 Å². The van der Waals surface area contributed by atoms with Crippen LogP contribution in [0, 0.1) is 0 Å². The van der Waals surface area contributed by atoms with Crippen molar-refractivity contribution in [3.63, 3.8) is 0 Å². The molecule has 0 N–H and O–H groups in total. The van der Waals surface area contributed by atoms with Gasteiger partial charge in [-0.05, 0) is 38.1 Å². The highest BCUT2D eigenvalue weighted by Gasteiger charge is 2.31. The summed E-state index contributed by atoms with van der Waals surface area (Å²) in [6, 6.07) is 13.2. The number of para-hydroxylation sites is 1. The quantitative estimate of drug-likeness (QED) is 0.549. The van der Waals surface area contributed by atoms with Gasteiger partial charge in [-0.1, -0.05) is 24.3 Å². The number of benzene rings is 2. The van der Waals surface area contributed by atoms with Gasteiger partial charge in [0.2, 0.25) is 10.0 Å². The van der Waals surface area contributed by atoms with E-state index in [-0.39, 0.29) is 22.3 Å². The molecule has 1 atom stereocenters. The van der Waals surface area contributed by atoms with E-state index in [1.807, 2.05) is 25.1 Å². The van der Waals surface area contributed by atoms with E-state index in [0.717, 1.165) is 0 Å². The molecule has 0 spiro atoms. The Bertz CT molecular complexity index is 1320. The van der Waals surface area contributed by atoms with Gasteiger partial charge in [0.05, 0.1) is 21.8 Å². The molecule has 9 heteroatoms. The molecule has 2 aromatic carbocycles. The van der Waals surface area contributed by atoms with Crippen molar-refractivity contribution in [2.45, 2.75) is 24.8 Å². The summed E-state index contributed by atoms with van der Waals surface area (Å²) < 4.78 is 29.1. The molecule has 1 saturated heterocycles. The van der Waals surface area contributed by atoms with Crippen molar-refractivity contribution >= 4 is 26.7 Å². The van der Waals surface area contributed by atoms with Crippen LogP contribution in [0.2, 0.25) is 0 Å². The monoisotopic (exact) mass is 454 g/mol. The first-order valence-electron chi connectivity index (χ1n) is 10.5. The molecule has 1 fully saturated rings. The molecule has 0 radical (unpaired) electrons. The zero-order chi connectivity index (χ0) is 23.0. The maximum atomic E-state index is 13.0. The third kappa shape index (κ3) is 3.99. The lowest BCUT2D eigenvalue weighted by molar-refractivity contribution is 0.101. The van der Waals surface area contributed by atoms with Crippen LogP contribution in [-0.4, -0.2) is 59.1 Å². The zero-order valence-electron chi connectivity index (χ0n) is 18.4. The fraction of sp³-hybridized carbons (Fsp3) is 0.348. The number of hydrogen-bond donors (Lipinski definition) is 0. The molecule has 32 heavy (non-hydrogen) atoms. The number of hydrogen-bond acceptors (Lipinski definition) is 6. The van der Waals surface area contributed by atoms with Gasteiger partial charge < -0.3 is 0 Å². The van der Waals surface area contributed by atoms with Gasteiger partial charge in [-0.15, -0.1) is 0 Å². The molecule has 1 unspecified atom stereocenters. The van der Waals surface area contributed by atoms with Gasteiger partial charge >= 0.3 is 0 Å². The number of Topliss-reactive ketones (excluding diaryl/α,β-unsaturated/α-hetero) is 1. The Labute approximate surface area is 187 Å². The number of nitrogens with zero attached hydrogens (tertiary/aromatic N) is 4. The van der Waals surface area contributed by atoms with Crippen molar-refractivity contribution < 1.29 is 13.2 Å². The van der Waals surface area contributed by atoms with Crippen LogP contribution in [0.25, 0.3) is 10.9 Å². The van der Waals surface area contributed by atoms with Crippen molar-refractivity contribution in [3.05, 3.63) is 70.3 Å². The van der Waals surface area contributed by atoms with Crippen molar-refractivity contribution in [3.8, 4) is 0 Å². The fourth-order valence-electron chi connectivity index (χ4n) is 4.11. The highest BCUT2D eigenvalue weighted by atomic mass is 32.2. The van der Waals surface area contributed by atoms with Crippen molar-refractivity contribution in [1.82, 2.24) is 18.8 Å². The molecule has 1 aliphatic rings. The first-order chi connectivity index (χ1) is 15.2. The van der Waals surface area contributed by atoms with E-state index >= 15 is 0 Å². The summed E-state index contributed by atoms with van der Waals surface area (Å²) in [5.74, 6) is 0.554. The van der Waals surface area contributed by atoms with E-state index in [4.69, 9.17) is 4.98 Å². The topological polar surface area (TPSA) is 92.6 Å². The molecule has 3 aromatic rings. The Balaban J connectivity index is 1.51. The maximum Gasteiger partial charge on any atom is 0.261 e. The van der Waals surface area contributed by atoms with Crippen LogP contribution in [0.15, 0.2) is 58.2 Å². The first kappa shape index (κ1) is 22.3. The molecule has 0 amide bonds. The standard InChI is InChI=1S/C23H26N4O4S/c1-16(22-24-21-7-5-4-6-20(21)23(29)25(22)3)26-12-14-27(15-13-26)32(30,31)19-10-8-18(9-11-19)17(2)28/h4-11,16H,12-15H2,1-3H3. The zero-order valence-corrected chi connectivity index (χ0v) is 19.2. The Hall–Kier alpha value is -2.88. The summed E-state index contributed by atoms with van der Waals surface area (Å²) in [6.07, 6.45) is 0. The smallest absolute Gasteiger partial charge is 0.261 e. The largest absolute Gasteiger partial charge is 0.298 e. The lowest BCUT2D eigenvalue weighted by Crippen LogP contribution is -2.49. The summed E-state index contributed by atoms with van der Waals surface area (Å²) in [5.41, 5.74) is 1.05. The van der Waals surface area contributed by atoms with Gasteiger partial charge in [-0.2, -0.15) is 4.31 Å². The number of carbonyl (C=O) groups excluding carboxylic acids is 1. The van der Waals surface area contributed by atoms with E-state index in [9.17, 15) is 18.0 Å². The molecular formula is C23H26N4O4S. The minimum Gasteiger partial charge on any atom is -0.298 e. The second kappa shape index (κ2) is 8.57. The van der Waals surface area contributed by atoms with Crippen LogP contribution in [-0.2, 0) is 17.1 Å². The van der Waals surface area contributed by atoms with Gasteiger partial charge in [0, 0.05) is 38.8 Å². The van der Waals surface area contributed by atoms with Crippen molar-refractivity contribution in [2.24, 2.45) is 7.05 Å². The second-order valence-corrected chi connectivity index (χ2v) is 9.99. The first-order valence-corrected chi connectivity index (χ1v) is 11.9. The predicted molar refractivity (Wildman–Crippen MR) is 122 cm³/mol. The van der Waals surface area contributed by atoms with E-state index in [1.54, 1.807) is 29.8 Å². The lowest BCUT2D eigenvalue weighted by Gasteiger charge is -2.37. The highest BCUT2D eigenvalue weighted by molar-refractivity contribution is 7.89. The van der Waals surface area contributed by atoms with Crippen LogP contribution in [0.5, 0.6) is 0 Å². The van der Waals surface area contributed by atoms with E-state index in [1.165, 1.54) is 23.4 Å². The van der Waals surface area contributed by atoms with Crippen LogP contribution < -0.4 is 5.56 Å². The van der Waals surface area contributed by atoms with Gasteiger partial charge in [0.1, 0.15) is 5.82 Å². The Morgan fingerprint density at radius 2 is 1.62 bits per heavy atom. The Morgan fingerprint density at radius 1 is 1.00 bits per heavy atom. The Morgan fingerprint density at radius 3 is 2.25 bits per heavy atom. The molecule has 4 rings (SSSR count). The molecule has 1 aromatic heterocycles. The fourth-order valence-corrected chi connectivity index (χ4v) is 5.54. The normalized spacial score (nSPS) is 16.8. The molecule has 0 aliphatic carbocycles. The van der Waals surface area contributed by atoms with Crippen molar-refractivity contribution in [2.75, 3.05) is 26.2 Å². The average molecular weight is 455 g/mol. The van der Waals surface area contributed by atoms with Gasteiger partial charge in [0.15, 0.2) is 5.78 Å². The molecule has 8 nitrogen and oxygen atoms in total. The summed E-state index contributed by atoms with van der Waals surface area (Å²) in [5, 5.41) is 0.581. The van der Waals surface area contributed by atoms with Gasteiger partial charge in [-0.25, -0.2) is 13.4 Å². The molecule has 0 saturated carbocycles. The number of fused-ring (bicyclic) bond motifs is 1. The van der Waals surface area contributed by atoms with Crippen LogP contribution >= 0.6 is 0 Å². The molecule has 0 bridgehead atoms. The van der Waals surface area contributed by atoms with Crippen LogP contribution in [0.1, 0.15) is 36.1 Å². The minimum absolute atomic E-state index is 0.0901. The number of piperazine rings is 1. The number of aromatic nitrogens is 2. The molecule has 168 valence electrons. The van der Waals surface area contributed by atoms with E-state index in [2.05, 4.69) is 4.90 Å². The third-order valence-corrected chi connectivity index (χ3v) is 8.02. The predicted octanol–water partition coefficient (Wildman–Crippen LogP) is 2.20. The minimum atomic E-state index is -3.64. The van der Waals surface area contributed by atoms with Gasteiger partial charge in [-0.3, -0.25) is 19.1 Å². The SMILES string of the molecule is CC(=O)c1ccc(S(=O)(=O)N2CCN(C(C)c3nc4ccccc4c(=O)n3C)CC2)cc1. The molecular weight excluding hydrogens is 428 g/mol. The second-order valence-electron chi connectivity index (χ2n) is 8.05. The van der Waals surface area contributed by atoms with E-state index in [0.29, 0.717) is 48.5 Å². The summed E-state index contributed by atoms with van der Waals surface area (Å²) >= 11 is 0. The number of carbonyl (C=O) groups is 1. The Kier molecular flexibility index (Phi) is 5.98.